The topological polar surface area (TPSA) is 88.4 Å². The molecule has 1 aromatic heterocycles. The lowest BCUT2D eigenvalue weighted by Gasteiger charge is -2.27. The first-order valence-corrected chi connectivity index (χ1v) is 13.0. The number of benzene rings is 3. The van der Waals surface area contributed by atoms with Gasteiger partial charge in [-0.1, -0.05) is 47.7 Å². The summed E-state index contributed by atoms with van der Waals surface area (Å²) < 4.78 is 24.2. The Morgan fingerprint density at radius 3 is 2.79 bits per heavy atom. The van der Waals surface area contributed by atoms with Gasteiger partial charge in [0.1, 0.15) is 11.8 Å². The lowest BCUT2D eigenvalue weighted by atomic mass is 9.90. The second-order valence-electron chi connectivity index (χ2n) is 8.82. The van der Waals surface area contributed by atoms with Crippen molar-refractivity contribution in [2.24, 2.45) is 4.99 Å². The summed E-state index contributed by atoms with van der Waals surface area (Å²) in [4.78, 5) is 32.5. The van der Waals surface area contributed by atoms with Crippen LogP contribution in [-0.2, 0) is 9.53 Å². The molecule has 3 heterocycles. The Morgan fingerprint density at radius 2 is 1.97 bits per heavy atom. The monoisotopic (exact) mass is 528 g/mol. The molecule has 0 amide bonds. The Bertz CT molecular complexity index is 1820. The van der Waals surface area contributed by atoms with Crippen molar-refractivity contribution in [1.82, 2.24) is 4.57 Å². The molecule has 0 radical (unpaired) electrons. The second-order valence-corrected chi connectivity index (χ2v) is 9.83. The second kappa shape index (κ2) is 9.50. The van der Waals surface area contributed by atoms with Gasteiger partial charge in [-0.25, -0.2) is 9.79 Å². The van der Waals surface area contributed by atoms with Crippen molar-refractivity contribution < 1.29 is 23.7 Å². The van der Waals surface area contributed by atoms with Crippen LogP contribution in [0.15, 0.2) is 75.7 Å². The number of nitrogens with zero attached hydrogens (tertiary/aromatic N) is 2. The highest BCUT2D eigenvalue weighted by molar-refractivity contribution is 7.07. The minimum atomic E-state index is -0.787. The smallest absolute Gasteiger partial charge is 0.338 e. The highest BCUT2D eigenvalue weighted by Gasteiger charge is 2.36. The van der Waals surface area contributed by atoms with Crippen molar-refractivity contribution in [1.29, 1.82) is 0 Å². The molecule has 8 nitrogen and oxygen atoms in total. The first-order chi connectivity index (χ1) is 18.5. The van der Waals surface area contributed by atoms with Gasteiger partial charge in [0.15, 0.2) is 16.3 Å². The molecule has 0 spiro atoms. The Balaban J connectivity index is 1.63. The summed E-state index contributed by atoms with van der Waals surface area (Å²) in [5, 5.41) is 1.84. The number of methoxy groups -OCH3 is 1. The van der Waals surface area contributed by atoms with Crippen molar-refractivity contribution in [2.75, 3.05) is 20.5 Å². The van der Waals surface area contributed by atoms with E-state index >= 15 is 0 Å². The molecule has 2 aliphatic rings. The number of esters is 1. The van der Waals surface area contributed by atoms with Gasteiger partial charge >= 0.3 is 5.97 Å². The molecule has 4 aromatic rings. The molecule has 3 aromatic carbocycles. The lowest BCUT2D eigenvalue weighted by Crippen LogP contribution is -2.40. The van der Waals surface area contributed by atoms with Crippen LogP contribution >= 0.6 is 11.3 Å². The van der Waals surface area contributed by atoms with E-state index in [9.17, 15) is 9.59 Å². The summed E-state index contributed by atoms with van der Waals surface area (Å²) in [6.07, 6.45) is 1.80. The maximum absolute atomic E-state index is 14.0. The molecular formula is C29H24N2O6S. The number of ether oxygens (including phenoxy) is 4. The van der Waals surface area contributed by atoms with Crippen LogP contribution in [0.3, 0.4) is 0 Å². The quantitative estimate of drug-likeness (QED) is 0.367. The van der Waals surface area contributed by atoms with Crippen LogP contribution in [0.4, 0.5) is 0 Å². The maximum atomic E-state index is 14.0. The summed E-state index contributed by atoms with van der Waals surface area (Å²) in [5.41, 5.74) is 2.04. The molecule has 0 fully saturated rings. The van der Waals surface area contributed by atoms with Gasteiger partial charge in [-0.2, -0.15) is 0 Å². The fourth-order valence-electron chi connectivity index (χ4n) is 4.95. The van der Waals surface area contributed by atoms with Crippen LogP contribution in [0.5, 0.6) is 17.2 Å². The number of allylic oxidation sites excluding steroid dienone is 1. The van der Waals surface area contributed by atoms with E-state index in [1.807, 2.05) is 54.6 Å². The molecule has 0 N–H and O–H groups in total. The third-order valence-corrected chi connectivity index (χ3v) is 7.62. The Hall–Kier alpha value is -4.37. The maximum Gasteiger partial charge on any atom is 0.338 e. The van der Waals surface area contributed by atoms with E-state index < -0.39 is 12.0 Å². The highest BCUT2D eigenvalue weighted by atomic mass is 32.1. The first kappa shape index (κ1) is 24.0. The van der Waals surface area contributed by atoms with Gasteiger partial charge in [-0.3, -0.25) is 9.36 Å². The molecule has 0 aliphatic carbocycles. The number of hydrogen-bond acceptors (Lipinski definition) is 8. The van der Waals surface area contributed by atoms with E-state index in [0.717, 1.165) is 16.3 Å². The van der Waals surface area contributed by atoms with Crippen molar-refractivity contribution >= 4 is 34.2 Å². The van der Waals surface area contributed by atoms with E-state index in [4.69, 9.17) is 18.9 Å². The standard InChI is InChI=1S/C29H24N2O6S/c1-4-35-28(33)24-16(2)30-29-31(26(24)25-19-8-6-5-7-18(19)10-12-21(25)34-3)27(32)23(38-29)14-17-9-11-20-22(13-17)37-15-36-20/h5-14,26H,4,15H2,1-3H3. The normalized spacial score (nSPS) is 16.4. The summed E-state index contributed by atoms with van der Waals surface area (Å²) in [7, 11) is 1.58. The average molecular weight is 529 g/mol. The van der Waals surface area contributed by atoms with Crippen LogP contribution < -0.4 is 29.1 Å². The molecular weight excluding hydrogens is 504 g/mol. The Kier molecular flexibility index (Phi) is 6.00. The zero-order valence-corrected chi connectivity index (χ0v) is 21.8. The minimum Gasteiger partial charge on any atom is -0.496 e. The summed E-state index contributed by atoms with van der Waals surface area (Å²) >= 11 is 1.27. The zero-order chi connectivity index (χ0) is 26.4. The number of carbonyl (C=O) groups excluding carboxylic acids is 1. The molecule has 0 bridgehead atoms. The molecule has 1 unspecified atom stereocenters. The van der Waals surface area contributed by atoms with Crippen LogP contribution in [0.25, 0.3) is 16.8 Å². The first-order valence-electron chi connectivity index (χ1n) is 12.1. The van der Waals surface area contributed by atoms with Crippen molar-refractivity contribution in [3.05, 3.63) is 96.7 Å². The van der Waals surface area contributed by atoms with Crippen LogP contribution in [0, 0.1) is 0 Å². The molecule has 1 atom stereocenters. The number of aromatic nitrogens is 1. The van der Waals surface area contributed by atoms with Gasteiger partial charge in [0, 0.05) is 5.56 Å². The van der Waals surface area contributed by atoms with Crippen LogP contribution in [0.1, 0.15) is 31.0 Å². The number of rotatable bonds is 5. The Morgan fingerprint density at radius 1 is 1.16 bits per heavy atom. The largest absolute Gasteiger partial charge is 0.496 e. The number of carbonyl (C=O) groups is 1. The number of fused-ring (bicyclic) bond motifs is 3. The predicted octanol–water partition coefficient (Wildman–Crippen LogP) is 3.69. The van der Waals surface area contributed by atoms with Crippen molar-refractivity contribution in [3.63, 3.8) is 0 Å². The van der Waals surface area contributed by atoms with Gasteiger partial charge < -0.3 is 18.9 Å². The lowest BCUT2D eigenvalue weighted by molar-refractivity contribution is -0.139. The number of thiazole rings is 1. The highest BCUT2D eigenvalue weighted by Crippen LogP contribution is 2.40. The average Bonchev–Trinajstić information content (AvgIpc) is 3.51. The molecule has 9 heteroatoms. The van der Waals surface area contributed by atoms with E-state index in [1.54, 1.807) is 31.6 Å². The van der Waals surface area contributed by atoms with Crippen molar-refractivity contribution in [3.8, 4) is 17.2 Å². The number of hydrogen-bond donors (Lipinski definition) is 0. The molecule has 2 aliphatic heterocycles. The minimum absolute atomic E-state index is 0.170. The SMILES string of the molecule is CCOC(=O)C1=C(C)N=c2sc(=Cc3ccc4c(c3)OCO4)c(=O)n2C1c1c(OC)ccc2ccccc12. The van der Waals surface area contributed by atoms with Gasteiger partial charge in [-0.15, -0.1) is 0 Å². The predicted molar refractivity (Wildman–Crippen MR) is 143 cm³/mol. The van der Waals surface area contributed by atoms with Crippen molar-refractivity contribution in [2.45, 2.75) is 19.9 Å². The van der Waals surface area contributed by atoms with E-state index in [-0.39, 0.29) is 19.0 Å². The van der Waals surface area contributed by atoms with Gasteiger partial charge in [-0.05, 0) is 54.5 Å². The summed E-state index contributed by atoms with van der Waals surface area (Å²) in [6.45, 7) is 3.89. The van der Waals surface area contributed by atoms with Crippen LogP contribution in [-0.4, -0.2) is 31.0 Å². The molecule has 192 valence electrons. The fraction of sp³-hybridized carbons (Fsp3) is 0.207. The van der Waals surface area contributed by atoms with E-state index in [0.29, 0.717) is 43.4 Å². The van der Waals surface area contributed by atoms with Gasteiger partial charge in [0.25, 0.3) is 5.56 Å². The molecule has 6 rings (SSSR count). The molecule has 0 saturated carbocycles. The summed E-state index contributed by atoms with van der Waals surface area (Å²) in [5.74, 6) is 1.35. The van der Waals surface area contributed by atoms with Crippen LogP contribution in [0.2, 0.25) is 0 Å². The third kappa shape index (κ3) is 3.86. The molecule has 38 heavy (non-hydrogen) atoms. The summed E-state index contributed by atoms with van der Waals surface area (Å²) in [6, 6.07) is 16.4. The van der Waals surface area contributed by atoms with Gasteiger partial charge in [0.2, 0.25) is 6.79 Å². The zero-order valence-electron chi connectivity index (χ0n) is 21.0. The Labute approximate surface area is 221 Å². The molecule has 0 saturated heterocycles. The van der Waals surface area contributed by atoms with E-state index in [1.165, 1.54) is 11.3 Å². The fourth-order valence-corrected chi connectivity index (χ4v) is 6.00. The van der Waals surface area contributed by atoms with Gasteiger partial charge in [0.05, 0.1) is 29.5 Å². The third-order valence-electron chi connectivity index (χ3n) is 6.64. The van der Waals surface area contributed by atoms with E-state index in [2.05, 4.69) is 4.99 Å².